The van der Waals surface area contributed by atoms with Crippen LogP contribution in [-0.4, -0.2) is 57.6 Å². The molecule has 2 aromatic carbocycles. The topological polar surface area (TPSA) is 76.1 Å². The van der Waals surface area contributed by atoms with Crippen LogP contribution in [0.25, 0.3) is 0 Å². The monoisotopic (exact) mass is 470 g/mol. The van der Waals surface area contributed by atoms with Crippen molar-refractivity contribution in [2.75, 3.05) is 37.7 Å². The lowest BCUT2D eigenvalue weighted by Crippen LogP contribution is -2.35. The van der Waals surface area contributed by atoms with Crippen LogP contribution in [0.4, 0.5) is 5.69 Å². The summed E-state index contributed by atoms with van der Waals surface area (Å²) in [5.41, 5.74) is 2.27. The highest BCUT2D eigenvalue weighted by molar-refractivity contribution is 7.89. The second-order valence-electron chi connectivity index (χ2n) is 8.93. The molecule has 176 valence electrons. The molecule has 1 amide bonds. The molecule has 0 spiro atoms. The van der Waals surface area contributed by atoms with E-state index in [-0.39, 0.29) is 12.0 Å². The van der Waals surface area contributed by atoms with Crippen molar-refractivity contribution < 1.29 is 22.7 Å². The first-order chi connectivity index (χ1) is 16.0. The highest BCUT2D eigenvalue weighted by atomic mass is 32.2. The number of ether oxygens (including phenoxy) is 2. The molecular formula is C25H30N2O5S. The van der Waals surface area contributed by atoms with Gasteiger partial charge in [0.15, 0.2) is 0 Å². The number of fused-ring (bicyclic) bond motifs is 1. The Bertz CT molecular complexity index is 1100. The SMILES string of the molecule is O=C(c1ccc(OCC2CCCO2)cc1)N1CCc2cc(S(=O)(=O)N3CCCCC3)ccc21. The van der Waals surface area contributed by atoms with E-state index < -0.39 is 10.0 Å². The summed E-state index contributed by atoms with van der Waals surface area (Å²) in [5, 5.41) is 0. The number of nitrogens with zero attached hydrogens (tertiary/aromatic N) is 2. The fourth-order valence-corrected chi connectivity index (χ4v) is 6.39. The van der Waals surface area contributed by atoms with Gasteiger partial charge in [-0.25, -0.2) is 8.42 Å². The second kappa shape index (κ2) is 9.44. The minimum atomic E-state index is -3.48. The minimum absolute atomic E-state index is 0.0916. The van der Waals surface area contributed by atoms with Crippen LogP contribution in [-0.2, 0) is 21.2 Å². The number of benzene rings is 2. The fourth-order valence-electron chi connectivity index (χ4n) is 4.82. The van der Waals surface area contributed by atoms with Crippen LogP contribution in [0, 0.1) is 0 Å². The third-order valence-corrected chi connectivity index (χ3v) is 8.60. The minimum Gasteiger partial charge on any atom is -0.491 e. The molecule has 0 N–H and O–H groups in total. The zero-order valence-electron chi connectivity index (χ0n) is 18.7. The van der Waals surface area contributed by atoms with Crippen LogP contribution in [0.15, 0.2) is 47.4 Å². The van der Waals surface area contributed by atoms with Crippen molar-refractivity contribution in [1.82, 2.24) is 4.31 Å². The molecule has 1 atom stereocenters. The molecule has 0 aromatic heterocycles. The molecule has 7 nitrogen and oxygen atoms in total. The van der Waals surface area contributed by atoms with Gasteiger partial charge in [0.1, 0.15) is 12.4 Å². The summed E-state index contributed by atoms with van der Waals surface area (Å²) in [6, 6.07) is 12.3. The van der Waals surface area contributed by atoms with E-state index in [1.807, 2.05) is 12.1 Å². The number of piperidine rings is 1. The van der Waals surface area contributed by atoms with E-state index in [9.17, 15) is 13.2 Å². The van der Waals surface area contributed by atoms with E-state index in [0.29, 0.717) is 43.1 Å². The van der Waals surface area contributed by atoms with Gasteiger partial charge in [-0.1, -0.05) is 6.42 Å². The number of sulfonamides is 1. The first-order valence-corrected chi connectivity index (χ1v) is 13.3. The van der Waals surface area contributed by atoms with E-state index in [2.05, 4.69) is 0 Å². The van der Waals surface area contributed by atoms with Crippen molar-refractivity contribution >= 4 is 21.6 Å². The predicted molar refractivity (Wildman–Crippen MR) is 125 cm³/mol. The van der Waals surface area contributed by atoms with Crippen molar-refractivity contribution in [2.45, 2.75) is 49.5 Å². The zero-order valence-corrected chi connectivity index (χ0v) is 19.6. The number of carbonyl (C=O) groups excluding carboxylic acids is 1. The summed E-state index contributed by atoms with van der Waals surface area (Å²) in [6.45, 7) is 3.02. The quantitative estimate of drug-likeness (QED) is 0.645. The van der Waals surface area contributed by atoms with Gasteiger partial charge in [-0.3, -0.25) is 4.79 Å². The second-order valence-corrected chi connectivity index (χ2v) is 10.9. The molecule has 3 aliphatic heterocycles. The lowest BCUT2D eigenvalue weighted by Gasteiger charge is -2.26. The summed E-state index contributed by atoms with van der Waals surface area (Å²) in [5.74, 6) is 0.627. The van der Waals surface area contributed by atoms with Gasteiger partial charge in [0, 0.05) is 37.5 Å². The molecule has 5 rings (SSSR count). The lowest BCUT2D eigenvalue weighted by molar-refractivity contribution is 0.0679. The van der Waals surface area contributed by atoms with Gasteiger partial charge in [-0.2, -0.15) is 4.31 Å². The first kappa shape index (κ1) is 22.4. The molecule has 3 heterocycles. The van der Waals surface area contributed by atoms with E-state index in [4.69, 9.17) is 9.47 Å². The molecule has 3 aliphatic rings. The standard InChI is InChI=1S/C25H30N2O5S/c28-25(19-6-8-21(9-7-19)32-18-22-5-4-16-31-22)27-15-12-20-17-23(10-11-24(20)27)33(29,30)26-13-2-1-3-14-26/h6-11,17,22H,1-5,12-16,18H2. The van der Waals surface area contributed by atoms with Gasteiger partial charge < -0.3 is 14.4 Å². The smallest absolute Gasteiger partial charge is 0.258 e. The van der Waals surface area contributed by atoms with Crippen molar-refractivity contribution in [2.24, 2.45) is 0 Å². The average Bonchev–Trinajstić information content (AvgIpc) is 3.53. The maximum atomic E-state index is 13.2. The Morgan fingerprint density at radius 3 is 2.52 bits per heavy atom. The van der Waals surface area contributed by atoms with Gasteiger partial charge >= 0.3 is 0 Å². The normalized spacial score (nSPS) is 21.2. The number of hydrogen-bond donors (Lipinski definition) is 0. The van der Waals surface area contributed by atoms with Gasteiger partial charge in [0.2, 0.25) is 10.0 Å². The molecule has 1 unspecified atom stereocenters. The molecule has 0 aliphatic carbocycles. The Labute approximate surface area is 195 Å². The summed E-state index contributed by atoms with van der Waals surface area (Å²) in [6.07, 6.45) is 5.78. The van der Waals surface area contributed by atoms with Crippen molar-refractivity contribution in [3.8, 4) is 5.75 Å². The Hall–Kier alpha value is -2.42. The molecule has 2 aromatic rings. The van der Waals surface area contributed by atoms with Gasteiger partial charge in [-0.15, -0.1) is 0 Å². The maximum absolute atomic E-state index is 13.2. The van der Waals surface area contributed by atoms with Gasteiger partial charge in [0.25, 0.3) is 5.91 Å². The third kappa shape index (κ3) is 4.65. The molecule has 0 bridgehead atoms. The summed E-state index contributed by atoms with van der Waals surface area (Å²) >= 11 is 0. The summed E-state index contributed by atoms with van der Waals surface area (Å²) in [4.78, 5) is 15.2. The van der Waals surface area contributed by atoms with E-state index in [1.165, 1.54) is 0 Å². The Morgan fingerprint density at radius 2 is 1.79 bits per heavy atom. The molecule has 2 fully saturated rings. The predicted octanol–water partition coefficient (Wildman–Crippen LogP) is 3.62. The van der Waals surface area contributed by atoms with Crippen molar-refractivity contribution in [3.63, 3.8) is 0 Å². The Balaban J connectivity index is 1.27. The van der Waals surface area contributed by atoms with Crippen LogP contribution in [0.2, 0.25) is 0 Å². The van der Waals surface area contributed by atoms with Crippen LogP contribution in [0.1, 0.15) is 48.0 Å². The maximum Gasteiger partial charge on any atom is 0.258 e. The zero-order chi connectivity index (χ0) is 22.8. The largest absolute Gasteiger partial charge is 0.491 e. The highest BCUT2D eigenvalue weighted by Crippen LogP contribution is 2.33. The number of hydrogen-bond acceptors (Lipinski definition) is 5. The van der Waals surface area contributed by atoms with E-state index in [0.717, 1.165) is 55.7 Å². The van der Waals surface area contributed by atoms with E-state index >= 15 is 0 Å². The number of rotatable bonds is 6. The first-order valence-electron chi connectivity index (χ1n) is 11.8. The van der Waals surface area contributed by atoms with Crippen LogP contribution in [0.5, 0.6) is 5.75 Å². The molecule has 33 heavy (non-hydrogen) atoms. The third-order valence-electron chi connectivity index (χ3n) is 6.71. The summed E-state index contributed by atoms with van der Waals surface area (Å²) < 4.78 is 39.0. The molecule has 0 radical (unpaired) electrons. The van der Waals surface area contributed by atoms with Crippen LogP contribution in [0.3, 0.4) is 0 Å². The number of amides is 1. The Morgan fingerprint density at radius 1 is 1.00 bits per heavy atom. The van der Waals surface area contributed by atoms with Crippen molar-refractivity contribution in [3.05, 3.63) is 53.6 Å². The number of anilines is 1. The average molecular weight is 471 g/mol. The molecular weight excluding hydrogens is 440 g/mol. The molecule has 0 saturated carbocycles. The lowest BCUT2D eigenvalue weighted by atomic mass is 10.1. The molecule has 8 heteroatoms. The van der Waals surface area contributed by atoms with Gasteiger partial charge in [-0.05, 0) is 80.1 Å². The van der Waals surface area contributed by atoms with Crippen molar-refractivity contribution in [1.29, 1.82) is 0 Å². The highest BCUT2D eigenvalue weighted by Gasteiger charge is 2.30. The van der Waals surface area contributed by atoms with Gasteiger partial charge in [0.05, 0.1) is 11.0 Å². The number of carbonyl (C=O) groups is 1. The fraction of sp³-hybridized carbons (Fsp3) is 0.480. The molecule has 2 saturated heterocycles. The van der Waals surface area contributed by atoms with E-state index in [1.54, 1.807) is 39.5 Å². The van der Waals surface area contributed by atoms with Crippen LogP contribution < -0.4 is 9.64 Å². The Kier molecular flexibility index (Phi) is 6.40. The summed E-state index contributed by atoms with van der Waals surface area (Å²) in [7, 11) is -3.48. The van der Waals surface area contributed by atoms with Crippen LogP contribution >= 0.6 is 0 Å².